The third-order valence-electron chi connectivity index (χ3n) is 5.28. The molecule has 0 saturated carbocycles. The highest BCUT2D eigenvalue weighted by Crippen LogP contribution is 2.26. The number of pyridine rings is 1. The molecule has 3 N–H and O–H groups in total. The number of carboxylic acid groups (broad SMARTS) is 1. The van der Waals surface area contributed by atoms with E-state index < -0.39 is 11.4 Å². The number of nitrogens with zero attached hydrogens (tertiary/aromatic N) is 6. The van der Waals surface area contributed by atoms with Gasteiger partial charge in [-0.3, -0.25) is 9.78 Å². The van der Waals surface area contributed by atoms with Crippen molar-refractivity contribution in [2.45, 2.75) is 39.2 Å². The van der Waals surface area contributed by atoms with Gasteiger partial charge in [-0.25, -0.2) is 14.6 Å². The van der Waals surface area contributed by atoms with E-state index in [4.69, 9.17) is 5.73 Å². The smallest absolute Gasteiger partial charge is 0.304 e. The normalized spacial score (nSPS) is 11.5. The molecule has 1 aromatic carbocycles. The van der Waals surface area contributed by atoms with Crippen LogP contribution in [0, 0.1) is 6.92 Å². The number of hydrogen-bond acceptors (Lipinski definition) is 7. The van der Waals surface area contributed by atoms with Gasteiger partial charge in [0, 0.05) is 16.7 Å². The Bertz CT molecular complexity index is 1310. The number of hydrogen-bond donors (Lipinski definition) is 2. The Labute approximate surface area is 191 Å². The maximum atomic E-state index is 11.2. The lowest BCUT2D eigenvalue weighted by Gasteiger charge is -2.22. The molecular formula is C24H25N7O2. The van der Waals surface area contributed by atoms with Gasteiger partial charge in [0.15, 0.2) is 0 Å². The van der Waals surface area contributed by atoms with E-state index in [1.165, 1.54) is 0 Å². The molecule has 0 saturated heterocycles. The van der Waals surface area contributed by atoms with Crippen LogP contribution >= 0.6 is 0 Å². The predicted molar refractivity (Wildman–Crippen MR) is 124 cm³/mol. The minimum absolute atomic E-state index is 0.00463. The number of benzene rings is 1. The third kappa shape index (κ3) is 5.20. The molecule has 0 bridgehead atoms. The molecular weight excluding hydrogens is 418 g/mol. The summed E-state index contributed by atoms with van der Waals surface area (Å²) in [6, 6.07) is 15.4. The first kappa shape index (κ1) is 22.1. The first-order valence-electron chi connectivity index (χ1n) is 10.5. The molecule has 0 atom stereocenters. The van der Waals surface area contributed by atoms with E-state index in [9.17, 15) is 9.90 Å². The standard InChI is InChI=1S/C24H25N7O2/c1-15-6-4-7-16(10-15)18-11-19(28-23(25)27-18)20-14-31(30-29-20)13-17-8-5-9-21(26-17)24(2,3)12-22(32)33/h4-11,14H,12-13H2,1-3H3,(H,32,33)(H2,25,27,28). The van der Waals surface area contributed by atoms with Crippen LogP contribution in [-0.2, 0) is 16.8 Å². The molecule has 0 spiro atoms. The first-order chi connectivity index (χ1) is 15.7. The molecule has 4 rings (SSSR count). The number of rotatable bonds is 7. The van der Waals surface area contributed by atoms with E-state index in [1.54, 1.807) is 10.9 Å². The fourth-order valence-corrected chi connectivity index (χ4v) is 3.62. The van der Waals surface area contributed by atoms with Gasteiger partial charge in [0.1, 0.15) is 5.69 Å². The van der Waals surface area contributed by atoms with Crippen molar-refractivity contribution in [3.63, 3.8) is 0 Å². The average molecular weight is 444 g/mol. The van der Waals surface area contributed by atoms with Gasteiger partial charge < -0.3 is 10.8 Å². The zero-order valence-electron chi connectivity index (χ0n) is 18.7. The van der Waals surface area contributed by atoms with Crippen LogP contribution in [0.15, 0.2) is 54.7 Å². The second-order valence-corrected chi connectivity index (χ2v) is 8.64. The number of aromatic nitrogens is 6. The molecule has 168 valence electrons. The Morgan fingerprint density at radius 1 is 1.03 bits per heavy atom. The van der Waals surface area contributed by atoms with E-state index in [-0.39, 0.29) is 12.4 Å². The van der Waals surface area contributed by atoms with Crippen LogP contribution in [0.2, 0.25) is 0 Å². The monoisotopic (exact) mass is 443 g/mol. The minimum Gasteiger partial charge on any atom is -0.481 e. The van der Waals surface area contributed by atoms with Gasteiger partial charge in [0.25, 0.3) is 0 Å². The summed E-state index contributed by atoms with van der Waals surface area (Å²) >= 11 is 0. The maximum absolute atomic E-state index is 11.2. The third-order valence-corrected chi connectivity index (χ3v) is 5.28. The van der Waals surface area contributed by atoms with Gasteiger partial charge >= 0.3 is 5.97 Å². The van der Waals surface area contributed by atoms with Crippen molar-refractivity contribution in [2.75, 3.05) is 5.73 Å². The molecule has 4 aromatic rings. The molecule has 0 aliphatic heterocycles. The van der Waals surface area contributed by atoms with Crippen molar-refractivity contribution in [1.82, 2.24) is 29.9 Å². The second kappa shape index (κ2) is 8.78. The molecule has 3 heterocycles. The molecule has 9 nitrogen and oxygen atoms in total. The van der Waals surface area contributed by atoms with Gasteiger partial charge in [0.05, 0.1) is 36.2 Å². The summed E-state index contributed by atoms with van der Waals surface area (Å²) in [5.41, 5.74) is 10.8. The zero-order chi connectivity index (χ0) is 23.6. The SMILES string of the molecule is Cc1cccc(-c2cc(-c3cn(Cc4cccc(C(C)(C)CC(=O)O)n4)nn3)nc(N)n2)c1. The number of carboxylic acids is 1. The van der Waals surface area contributed by atoms with Crippen molar-refractivity contribution in [1.29, 1.82) is 0 Å². The number of aryl methyl sites for hydroxylation is 1. The van der Waals surface area contributed by atoms with Crippen LogP contribution in [0.5, 0.6) is 0 Å². The van der Waals surface area contributed by atoms with Crippen LogP contribution in [0.25, 0.3) is 22.6 Å². The number of nitrogens with two attached hydrogens (primary N) is 1. The summed E-state index contributed by atoms with van der Waals surface area (Å²) in [7, 11) is 0. The Balaban J connectivity index is 1.58. The van der Waals surface area contributed by atoms with Crippen molar-refractivity contribution in [2.24, 2.45) is 0 Å². The van der Waals surface area contributed by atoms with Crippen molar-refractivity contribution < 1.29 is 9.90 Å². The molecule has 33 heavy (non-hydrogen) atoms. The largest absolute Gasteiger partial charge is 0.481 e. The quantitative estimate of drug-likeness (QED) is 0.443. The highest BCUT2D eigenvalue weighted by atomic mass is 16.4. The van der Waals surface area contributed by atoms with Crippen LogP contribution in [0.1, 0.15) is 37.2 Å². The number of carbonyl (C=O) groups is 1. The van der Waals surface area contributed by atoms with Gasteiger partial charge in [0.2, 0.25) is 5.95 Å². The molecule has 0 unspecified atom stereocenters. The molecule has 0 aliphatic rings. The summed E-state index contributed by atoms with van der Waals surface area (Å²) in [6.45, 7) is 6.14. The van der Waals surface area contributed by atoms with E-state index in [1.807, 2.05) is 69.3 Å². The Morgan fingerprint density at radius 3 is 2.55 bits per heavy atom. The van der Waals surface area contributed by atoms with Crippen LogP contribution < -0.4 is 5.73 Å². The Morgan fingerprint density at radius 2 is 1.79 bits per heavy atom. The fourth-order valence-electron chi connectivity index (χ4n) is 3.62. The van der Waals surface area contributed by atoms with E-state index in [0.29, 0.717) is 29.3 Å². The van der Waals surface area contributed by atoms with Crippen molar-refractivity contribution in [3.05, 3.63) is 71.7 Å². The van der Waals surface area contributed by atoms with Crippen molar-refractivity contribution >= 4 is 11.9 Å². The highest BCUT2D eigenvalue weighted by Gasteiger charge is 2.25. The minimum atomic E-state index is -0.859. The van der Waals surface area contributed by atoms with Gasteiger partial charge in [-0.2, -0.15) is 0 Å². The number of nitrogen functional groups attached to an aromatic ring is 1. The Hall–Kier alpha value is -4.14. The lowest BCUT2D eigenvalue weighted by molar-refractivity contribution is -0.138. The summed E-state index contributed by atoms with van der Waals surface area (Å²) in [6.07, 6.45) is 1.77. The lowest BCUT2D eigenvalue weighted by atomic mass is 9.85. The first-order valence-corrected chi connectivity index (χ1v) is 10.5. The summed E-state index contributed by atoms with van der Waals surface area (Å²) in [5, 5.41) is 17.6. The van der Waals surface area contributed by atoms with E-state index in [2.05, 4.69) is 25.3 Å². The molecule has 0 amide bonds. The summed E-state index contributed by atoms with van der Waals surface area (Å²) in [5.74, 6) is -0.698. The van der Waals surface area contributed by atoms with Gasteiger partial charge in [-0.15, -0.1) is 5.10 Å². The summed E-state index contributed by atoms with van der Waals surface area (Å²) in [4.78, 5) is 24.5. The van der Waals surface area contributed by atoms with E-state index in [0.717, 1.165) is 16.8 Å². The van der Waals surface area contributed by atoms with E-state index >= 15 is 0 Å². The molecule has 0 fully saturated rings. The fraction of sp³-hybridized carbons (Fsp3) is 0.250. The van der Waals surface area contributed by atoms with Gasteiger partial charge in [-0.1, -0.05) is 48.9 Å². The number of anilines is 1. The second-order valence-electron chi connectivity index (χ2n) is 8.64. The predicted octanol–water partition coefficient (Wildman–Crippen LogP) is 3.49. The topological polar surface area (TPSA) is 133 Å². The zero-order valence-corrected chi connectivity index (χ0v) is 18.7. The van der Waals surface area contributed by atoms with Gasteiger partial charge in [-0.05, 0) is 31.2 Å². The lowest BCUT2D eigenvalue weighted by Crippen LogP contribution is -2.23. The number of aliphatic carboxylic acids is 1. The van der Waals surface area contributed by atoms with Crippen molar-refractivity contribution in [3.8, 4) is 22.6 Å². The van der Waals surface area contributed by atoms with Crippen LogP contribution in [0.3, 0.4) is 0 Å². The Kier molecular flexibility index (Phi) is 5.87. The summed E-state index contributed by atoms with van der Waals surface area (Å²) < 4.78 is 1.66. The highest BCUT2D eigenvalue weighted by molar-refractivity contribution is 5.69. The van der Waals surface area contributed by atoms with Crippen LogP contribution in [0.4, 0.5) is 5.95 Å². The molecule has 0 radical (unpaired) electrons. The average Bonchev–Trinajstić information content (AvgIpc) is 3.21. The maximum Gasteiger partial charge on any atom is 0.304 e. The van der Waals surface area contributed by atoms with Crippen LogP contribution in [-0.4, -0.2) is 41.0 Å². The molecule has 9 heteroatoms. The molecule has 3 aromatic heterocycles. The molecule has 0 aliphatic carbocycles.